The third-order valence-corrected chi connectivity index (χ3v) is 14.3. The minimum absolute atomic E-state index is 0.0207. The normalized spacial score (nSPS) is 13.1. The fraction of sp³-hybridized carbons (Fsp3) is 0.277. The first kappa shape index (κ1) is 46.6. The zero-order valence-electron chi connectivity index (χ0n) is 43.2. The molecule has 2 aromatic heterocycles. The predicted molar refractivity (Wildman–Crippen MR) is 298 cm³/mol. The molecule has 0 radical (unpaired) electrons. The Hall–Kier alpha value is -7.11. The van der Waals surface area contributed by atoms with Gasteiger partial charge in [-0.25, -0.2) is 4.98 Å². The molecular formula is C65H68N4O. The zero-order valence-corrected chi connectivity index (χ0v) is 43.2. The van der Waals surface area contributed by atoms with E-state index < -0.39 is 0 Å². The lowest BCUT2D eigenvalue weighted by atomic mass is 9.81. The molecule has 0 saturated heterocycles. The van der Waals surface area contributed by atoms with Gasteiger partial charge in [0.1, 0.15) is 24.0 Å². The first-order valence-corrected chi connectivity index (χ1v) is 25.3. The Balaban J connectivity index is 1.09. The second-order valence-electron chi connectivity index (χ2n) is 22.4. The summed E-state index contributed by atoms with van der Waals surface area (Å²) in [6.45, 7) is 28.3. The highest BCUT2D eigenvalue weighted by molar-refractivity contribution is 6.09. The summed E-state index contributed by atoms with van der Waals surface area (Å²) in [6.07, 6.45) is 1.93. The highest BCUT2D eigenvalue weighted by Gasteiger charge is 2.31. The molecule has 3 heterocycles. The highest BCUT2D eigenvalue weighted by Crippen LogP contribution is 2.49. The van der Waals surface area contributed by atoms with Gasteiger partial charge >= 0.3 is 0 Å². The molecule has 70 heavy (non-hydrogen) atoms. The first-order valence-electron chi connectivity index (χ1n) is 25.3. The van der Waals surface area contributed by atoms with Gasteiger partial charge < -0.3 is 14.5 Å². The van der Waals surface area contributed by atoms with Crippen LogP contribution in [0, 0.1) is 0 Å². The Bertz CT molecular complexity index is 3370. The molecule has 0 saturated carbocycles. The van der Waals surface area contributed by atoms with Crippen molar-refractivity contribution in [1.82, 2.24) is 9.55 Å². The number of rotatable bonds is 10. The number of hydrogen-bond donors (Lipinski definition) is 0. The number of nitrogens with zero attached hydrogens (tertiary/aromatic N) is 4. The van der Waals surface area contributed by atoms with Gasteiger partial charge in [-0.15, -0.1) is 0 Å². The number of fused-ring (bicyclic) bond motifs is 4. The Morgan fingerprint density at radius 3 is 1.81 bits per heavy atom. The molecule has 0 fully saturated rings. The monoisotopic (exact) mass is 921 g/mol. The van der Waals surface area contributed by atoms with E-state index in [1.54, 1.807) is 0 Å². The van der Waals surface area contributed by atoms with Crippen LogP contribution in [0.5, 0.6) is 11.5 Å². The van der Waals surface area contributed by atoms with Crippen LogP contribution < -0.4 is 14.5 Å². The van der Waals surface area contributed by atoms with E-state index >= 15 is 0 Å². The largest absolute Gasteiger partial charge is 0.457 e. The maximum absolute atomic E-state index is 7.05. The zero-order chi connectivity index (χ0) is 49.2. The highest BCUT2D eigenvalue weighted by atomic mass is 16.5. The smallest absolute Gasteiger partial charge is 0.137 e. The minimum Gasteiger partial charge on any atom is -0.457 e. The summed E-state index contributed by atoms with van der Waals surface area (Å²) in [5, 5.41) is 2.34. The van der Waals surface area contributed by atoms with Gasteiger partial charge in [0.05, 0.1) is 22.4 Å². The maximum atomic E-state index is 7.05. The fourth-order valence-corrected chi connectivity index (χ4v) is 10.3. The van der Waals surface area contributed by atoms with E-state index in [1.165, 1.54) is 55.7 Å². The molecule has 1 aliphatic rings. The molecule has 0 bridgehead atoms. The van der Waals surface area contributed by atoms with Gasteiger partial charge in [0.15, 0.2) is 0 Å². The van der Waals surface area contributed by atoms with Gasteiger partial charge in [0.2, 0.25) is 0 Å². The van der Waals surface area contributed by atoms with Gasteiger partial charge in [-0.3, -0.25) is 4.57 Å². The number of para-hydroxylation sites is 1. The van der Waals surface area contributed by atoms with Crippen molar-refractivity contribution in [2.75, 3.05) is 16.5 Å². The van der Waals surface area contributed by atoms with Crippen molar-refractivity contribution < 1.29 is 4.74 Å². The van der Waals surface area contributed by atoms with Crippen LogP contribution >= 0.6 is 0 Å². The van der Waals surface area contributed by atoms with Crippen LogP contribution in [0.2, 0.25) is 0 Å². The van der Waals surface area contributed by atoms with Crippen LogP contribution in [0.15, 0.2) is 164 Å². The van der Waals surface area contributed by atoms with Crippen LogP contribution in [-0.2, 0) is 10.8 Å². The third-order valence-electron chi connectivity index (χ3n) is 14.3. The van der Waals surface area contributed by atoms with E-state index in [9.17, 15) is 0 Å². The number of hydrogen-bond acceptors (Lipinski definition) is 4. The average Bonchev–Trinajstić information content (AvgIpc) is 3.89. The van der Waals surface area contributed by atoms with E-state index in [2.05, 4.69) is 255 Å². The van der Waals surface area contributed by atoms with E-state index in [-0.39, 0.29) is 10.8 Å². The summed E-state index contributed by atoms with van der Waals surface area (Å²) in [4.78, 5) is 9.90. The topological polar surface area (TPSA) is 33.5 Å². The maximum Gasteiger partial charge on any atom is 0.137 e. The van der Waals surface area contributed by atoms with Crippen molar-refractivity contribution in [2.24, 2.45) is 0 Å². The quantitative estimate of drug-likeness (QED) is 0.137. The Morgan fingerprint density at radius 2 is 1.11 bits per heavy atom. The third kappa shape index (κ3) is 8.76. The summed E-state index contributed by atoms with van der Waals surface area (Å²) in [5.74, 6) is 3.66. The molecule has 0 atom stereocenters. The molecular weight excluding hydrogens is 853 g/mol. The SMILES string of the molecule is CC(C)c1cc(C(C)C)c(-c2cccc(N3CN(c4cc(Oc5ccc6c7ccccc7n(-c7cc(C(C)(C)C)ccn7)c6c5)cc(-c5ccccc5)c4)c4ccc(C(C)(C)C)cc43)c2)c(C(C)C)c1. The summed E-state index contributed by atoms with van der Waals surface area (Å²) in [5.41, 5.74) is 18.4. The second kappa shape index (κ2) is 18.0. The van der Waals surface area contributed by atoms with Gasteiger partial charge in [-0.05, 0) is 145 Å². The number of aromatic nitrogens is 2. The van der Waals surface area contributed by atoms with Crippen LogP contribution in [0.3, 0.4) is 0 Å². The van der Waals surface area contributed by atoms with Crippen molar-refractivity contribution in [2.45, 2.75) is 112 Å². The first-order chi connectivity index (χ1) is 33.4. The molecule has 10 rings (SSSR count). The molecule has 5 nitrogen and oxygen atoms in total. The van der Waals surface area contributed by atoms with Crippen molar-refractivity contribution in [3.8, 4) is 39.6 Å². The molecule has 9 aromatic rings. The molecule has 0 unspecified atom stereocenters. The van der Waals surface area contributed by atoms with Crippen LogP contribution in [-0.4, -0.2) is 16.2 Å². The summed E-state index contributed by atoms with van der Waals surface area (Å²) >= 11 is 0. The number of ether oxygens (including phenoxy) is 1. The predicted octanol–water partition coefficient (Wildman–Crippen LogP) is 18.5. The molecule has 0 spiro atoms. The average molecular weight is 921 g/mol. The lowest BCUT2D eigenvalue weighted by Crippen LogP contribution is -2.24. The van der Waals surface area contributed by atoms with Gasteiger partial charge in [-0.1, -0.05) is 162 Å². The van der Waals surface area contributed by atoms with E-state index in [1.807, 2.05) is 6.20 Å². The minimum atomic E-state index is -0.0288. The Morgan fingerprint density at radius 1 is 0.471 bits per heavy atom. The molecule has 0 amide bonds. The number of pyridine rings is 1. The molecule has 1 aliphatic heterocycles. The standard InChI is InChI=1S/C65H68N4O/c1-41(2)46-34-56(42(3)4)63(57(35-46)43(5)6)45-21-18-22-50(31-45)67-40-68(59-28-25-48(36-61(59)67)64(7,8)9)51-32-47(44-19-14-13-15-20-44)33-53(38-51)70-52-26-27-55-54-23-16-17-24-58(54)69(60(55)39-52)62-37-49(29-30-66-62)65(10,11)12/h13-39,41-43H,40H2,1-12H3. The molecule has 7 aromatic carbocycles. The number of anilines is 4. The summed E-state index contributed by atoms with van der Waals surface area (Å²) < 4.78 is 9.33. The fourth-order valence-electron chi connectivity index (χ4n) is 10.3. The van der Waals surface area contributed by atoms with Crippen molar-refractivity contribution in [3.63, 3.8) is 0 Å². The molecule has 354 valence electrons. The van der Waals surface area contributed by atoms with Crippen molar-refractivity contribution >= 4 is 44.6 Å². The molecule has 5 heteroatoms. The Kier molecular flexibility index (Phi) is 12.0. The van der Waals surface area contributed by atoms with E-state index in [0.29, 0.717) is 24.4 Å². The van der Waals surface area contributed by atoms with Crippen molar-refractivity contribution in [3.05, 3.63) is 192 Å². The van der Waals surface area contributed by atoms with Gasteiger partial charge in [-0.2, -0.15) is 0 Å². The van der Waals surface area contributed by atoms with Gasteiger partial charge in [0.25, 0.3) is 0 Å². The van der Waals surface area contributed by atoms with Crippen molar-refractivity contribution in [1.29, 1.82) is 0 Å². The summed E-state index contributed by atoms with van der Waals surface area (Å²) in [7, 11) is 0. The molecule has 0 aliphatic carbocycles. The van der Waals surface area contributed by atoms with E-state index in [0.717, 1.165) is 56.2 Å². The second-order valence-corrected chi connectivity index (χ2v) is 22.4. The van der Waals surface area contributed by atoms with Crippen LogP contribution in [0.4, 0.5) is 22.7 Å². The Labute approximate surface area is 416 Å². The number of benzene rings is 7. The van der Waals surface area contributed by atoms with Gasteiger partial charge in [0, 0.05) is 40.5 Å². The lowest BCUT2D eigenvalue weighted by Gasteiger charge is -2.26. The van der Waals surface area contributed by atoms with Crippen LogP contribution in [0.25, 0.3) is 49.9 Å². The lowest BCUT2D eigenvalue weighted by molar-refractivity contribution is 0.483. The van der Waals surface area contributed by atoms with E-state index in [4.69, 9.17) is 9.72 Å². The molecule has 0 N–H and O–H groups in total. The van der Waals surface area contributed by atoms with Crippen LogP contribution in [0.1, 0.15) is 129 Å². The summed E-state index contributed by atoms with van der Waals surface area (Å²) in [6, 6.07) is 58.0.